The first kappa shape index (κ1) is 11.3. The molecule has 1 aromatic heterocycles. The summed E-state index contributed by atoms with van der Waals surface area (Å²) in [7, 11) is 0. The molecule has 3 rings (SSSR count). The van der Waals surface area contributed by atoms with Crippen LogP contribution in [0.4, 0.5) is 0 Å². The number of aromatic nitrogens is 1. The number of phenolic OH excluding ortho intramolecular Hbond substituents is 1. The van der Waals surface area contributed by atoms with E-state index in [1.54, 1.807) is 6.20 Å². The number of fused-ring (bicyclic) bond motifs is 1. The Balaban J connectivity index is 2.03. The maximum absolute atomic E-state index is 11.7. The molecule has 4 heteroatoms. The van der Waals surface area contributed by atoms with E-state index in [2.05, 4.69) is 10.3 Å². The van der Waals surface area contributed by atoms with Crippen LogP contribution in [0.1, 0.15) is 31.4 Å². The molecule has 94 valence electrons. The number of phenols is 1. The quantitative estimate of drug-likeness (QED) is 0.721. The van der Waals surface area contributed by atoms with Crippen molar-refractivity contribution in [3.05, 3.63) is 30.0 Å². The van der Waals surface area contributed by atoms with E-state index in [-0.39, 0.29) is 23.6 Å². The number of carbonyl (C=O) groups is 1. The zero-order valence-electron chi connectivity index (χ0n) is 10.2. The minimum atomic E-state index is -0.0828. The van der Waals surface area contributed by atoms with Gasteiger partial charge in [-0.2, -0.15) is 0 Å². The average molecular weight is 244 g/mol. The second kappa shape index (κ2) is 4.14. The fourth-order valence-electron chi connectivity index (χ4n) is 2.73. The topological polar surface area (TPSA) is 65.1 Å². The van der Waals surface area contributed by atoms with Gasteiger partial charge in [-0.25, -0.2) is 0 Å². The van der Waals surface area contributed by atoms with Gasteiger partial charge in [0.2, 0.25) is 0 Å². The Morgan fingerprint density at radius 2 is 2.11 bits per heavy atom. The molecule has 0 aliphatic carbocycles. The Morgan fingerprint density at radius 1 is 1.28 bits per heavy atom. The predicted octanol–water partition coefficient (Wildman–Crippen LogP) is 2.26. The van der Waals surface area contributed by atoms with Crippen molar-refractivity contribution in [2.45, 2.75) is 31.8 Å². The van der Waals surface area contributed by atoms with Gasteiger partial charge in [-0.05, 0) is 19.1 Å². The van der Waals surface area contributed by atoms with Gasteiger partial charge in [0.1, 0.15) is 11.5 Å². The SMILES string of the molecule is CC1CC(=O)CC(c2ccc3[nH]ccc3c2O)N1. The van der Waals surface area contributed by atoms with Gasteiger partial charge in [-0.1, -0.05) is 6.07 Å². The smallest absolute Gasteiger partial charge is 0.136 e. The number of hydrogen-bond acceptors (Lipinski definition) is 3. The van der Waals surface area contributed by atoms with E-state index in [0.717, 1.165) is 16.5 Å². The molecule has 4 nitrogen and oxygen atoms in total. The van der Waals surface area contributed by atoms with Crippen molar-refractivity contribution in [2.75, 3.05) is 0 Å². The number of aromatic amines is 1. The lowest BCUT2D eigenvalue weighted by molar-refractivity contribution is -0.121. The largest absolute Gasteiger partial charge is 0.507 e. The fourth-order valence-corrected chi connectivity index (χ4v) is 2.73. The van der Waals surface area contributed by atoms with E-state index in [4.69, 9.17) is 0 Å². The molecule has 0 saturated carbocycles. The summed E-state index contributed by atoms with van der Waals surface area (Å²) >= 11 is 0. The Hall–Kier alpha value is -1.81. The highest BCUT2D eigenvalue weighted by atomic mass is 16.3. The van der Waals surface area contributed by atoms with Crippen LogP contribution in [-0.2, 0) is 4.79 Å². The van der Waals surface area contributed by atoms with Crippen LogP contribution in [0.2, 0.25) is 0 Å². The van der Waals surface area contributed by atoms with Crippen molar-refractivity contribution in [1.82, 2.24) is 10.3 Å². The van der Waals surface area contributed by atoms with Crippen LogP contribution in [0.15, 0.2) is 24.4 Å². The zero-order valence-corrected chi connectivity index (χ0v) is 10.2. The summed E-state index contributed by atoms with van der Waals surface area (Å²) in [6.45, 7) is 2.00. The highest BCUT2D eigenvalue weighted by Gasteiger charge is 2.27. The Kier molecular flexibility index (Phi) is 2.59. The van der Waals surface area contributed by atoms with E-state index in [1.165, 1.54) is 0 Å². The lowest BCUT2D eigenvalue weighted by Crippen LogP contribution is -2.38. The molecule has 2 heterocycles. The van der Waals surface area contributed by atoms with Crippen LogP contribution in [-0.4, -0.2) is 21.9 Å². The monoisotopic (exact) mass is 244 g/mol. The van der Waals surface area contributed by atoms with Gasteiger partial charge in [0.25, 0.3) is 0 Å². The highest BCUT2D eigenvalue weighted by molar-refractivity contribution is 5.88. The number of hydrogen-bond donors (Lipinski definition) is 3. The predicted molar refractivity (Wildman–Crippen MR) is 69.5 cm³/mol. The van der Waals surface area contributed by atoms with Crippen molar-refractivity contribution in [2.24, 2.45) is 0 Å². The summed E-state index contributed by atoms with van der Waals surface area (Å²) in [6, 6.07) is 5.76. The molecule has 18 heavy (non-hydrogen) atoms. The minimum Gasteiger partial charge on any atom is -0.507 e. The lowest BCUT2D eigenvalue weighted by atomic mass is 9.92. The van der Waals surface area contributed by atoms with Crippen molar-refractivity contribution in [3.8, 4) is 5.75 Å². The molecule has 1 aromatic carbocycles. The fraction of sp³-hybridized carbons (Fsp3) is 0.357. The molecule has 1 aliphatic rings. The average Bonchev–Trinajstić information content (AvgIpc) is 2.77. The Bertz CT molecular complexity index is 603. The zero-order chi connectivity index (χ0) is 12.7. The molecule has 1 aliphatic heterocycles. The third kappa shape index (κ3) is 1.78. The first-order valence-corrected chi connectivity index (χ1v) is 6.22. The van der Waals surface area contributed by atoms with Crippen LogP contribution < -0.4 is 5.32 Å². The molecule has 3 N–H and O–H groups in total. The number of nitrogens with one attached hydrogen (secondary N) is 2. The van der Waals surface area contributed by atoms with E-state index < -0.39 is 0 Å². The van der Waals surface area contributed by atoms with Gasteiger partial charge in [0, 0.05) is 47.6 Å². The van der Waals surface area contributed by atoms with Crippen LogP contribution in [0.5, 0.6) is 5.75 Å². The number of ketones is 1. The molecule has 0 radical (unpaired) electrons. The summed E-state index contributed by atoms with van der Waals surface area (Å²) in [5.74, 6) is 0.521. The van der Waals surface area contributed by atoms with E-state index >= 15 is 0 Å². The number of H-pyrrole nitrogens is 1. The van der Waals surface area contributed by atoms with Crippen LogP contribution in [0.3, 0.4) is 0 Å². The molecule has 2 atom stereocenters. The van der Waals surface area contributed by atoms with Gasteiger partial charge in [0.05, 0.1) is 0 Å². The summed E-state index contributed by atoms with van der Waals surface area (Å²) in [4.78, 5) is 14.7. The third-order valence-corrected chi connectivity index (χ3v) is 3.56. The summed E-state index contributed by atoms with van der Waals surface area (Å²) < 4.78 is 0. The van der Waals surface area contributed by atoms with Crippen LogP contribution >= 0.6 is 0 Å². The van der Waals surface area contributed by atoms with Crippen molar-refractivity contribution in [3.63, 3.8) is 0 Å². The normalized spacial score (nSPS) is 24.6. The number of carbonyl (C=O) groups excluding carboxylic acids is 1. The molecule has 2 unspecified atom stereocenters. The summed E-state index contributed by atoms with van der Waals surface area (Å²) in [6.07, 6.45) is 2.83. The van der Waals surface area contributed by atoms with E-state index in [9.17, 15) is 9.90 Å². The second-order valence-corrected chi connectivity index (χ2v) is 5.01. The molecule has 2 aromatic rings. The molecule has 0 bridgehead atoms. The van der Waals surface area contributed by atoms with Gasteiger partial charge in [-0.3, -0.25) is 4.79 Å². The molecular weight excluding hydrogens is 228 g/mol. The first-order chi connectivity index (χ1) is 8.65. The van der Waals surface area contributed by atoms with Crippen molar-refractivity contribution >= 4 is 16.7 Å². The molecule has 1 fully saturated rings. The minimum absolute atomic E-state index is 0.0828. The van der Waals surface area contributed by atoms with Crippen LogP contribution in [0.25, 0.3) is 10.9 Å². The second-order valence-electron chi connectivity index (χ2n) is 5.01. The summed E-state index contributed by atoms with van der Waals surface area (Å²) in [5, 5.41) is 14.5. The van der Waals surface area contributed by atoms with Gasteiger partial charge in [-0.15, -0.1) is 0 Å². The number of piperidine rings is 1. The Labute approximate surface area is 105 Å². The van der Waals surface area contributed by atoms with Crippen molar-refractivity contribution in [1.29, 1.82) is 0 Å². The molecule has 0 spiro atoms. The number of Topliss-reactive ketones (excluding diaryl/α,β-unsaturated/α-hetero) is 1. The van der Waals surface area contributed by atoms with E-state index in [0.29, 0.717) is 12.8 Å². The lowest BCUT2D eigenvalue weighted by Gasteiger charge is -2.28. The van der Waals surface area contributed by atoms with Gasteiger partial charge >= 0.3 is 0 Å². The Morgan fingerprint density at radius 3 is 2.89 bits per heavy atom. The summed E-state index contributed by atoms with van der Waals surface area (Å²) in [5.41, 5.74) is 1.72. The first-order valence-electron chi connectivity index (χ1n) is 6.22. The number of benzene rings is 1. The number of aromatic hydroxyl groups is 1. The standard InChI is InChI=1S/C14H16N2O2/c1-8-6-9(17)7-13(16-8)10-2-3-12-11(14(10)18)4-5-15-12/h2-5,8,13,15-16,18H,6-7H2,1H3. The number of rotatable bonds is 1. The van der Waals surface area contributed by atoms with Crippen LogP contribution in [0, 0.1) is 0 Å². The molecule has 1 saturated heterocycles. The van der Waals surface area contributed by atoms with Gasteiger partial charge < -0.3 is 15.4 Å². The van der Waals surface area contributed by atoms with E-state index in [1.807, 2.05) is 25.1 Å². The van der Waals surface area contributed by atoms with Crippen molar-refractivity contribution < 1.29 is 9.90 Å². The third-order valence-electron chi connectivity index (χ3n) is 3.56. The maximum atomic E-state index is 11.7. The molecule has 0 amide bonds. The van der Waals surface area contributed by atoms with Gasteiger partial charge in [0.15, 0.2) is 0 Å². The highest BCUT2D eigenvalue weighted by Crippen LogP contribution is 2.35. The molecular formula is C14H16N2O2. The maximum Gasteiger partial charge on any atom is 0.136 e.